The van der Waals surface area contributed by atoms with E-state index in [0.29, 0.717) is 0 Å². The summed E-state index contributed by atoms with van der Waals surface area (Å²) < 4.78 is 3.42. The summed E-state index contributed by atoms with van der Waals surface area (Å²) in [6.07, 6.45) is 3.71. The minimum Gasteiger partial charge on any atom is -0.295 e. The van der Waals surface area contributed by atoms with Crippen LogP contribution in [0.15, 0.2) is 145 Å². The highest BCUT2D eigenvalue weighted by Crippen LogP contribution is 2.45. The van der Waals surface area contributed by atoms with Crippen LogP contribution in [-0.2, 0) is 14.1 Å². The van der Waals surface area contributed by atoms with Crippen LogP contribution in [0.5, 0.6) is 0 Å². The Kier molecular flexibility index (Phi) is 6.02. The molecular formula is C40H29N3O. The minimum absolute atomic E-state index is 0.0216. The molecule has 0 radical (unpaired) electrons. The van der Waals surface area contributed by atoms with Crippen LogP contribution in [-0.4, -0.2) is 14.1 Å². The first kappa shape index (κ1) is 25.9. The van der Waals surface area contributed by atoms with Gasteiger partial charge in [-0.05, 0) is 90.3 Å². The van der Waals surface area contributed by atoms with Crippen molar-refractivity contribution in [1.29, 1.82) is 0 Å². The van der Waals surface area contributed by atoms with Crippen molar-refractivity contribution in [1.82, 2.24) is 14.1 Å². The van der Waals surface area contributed by atoms with E-state index in [2.05, 4.69) is 120 Å². The Morgan fingerprint density at radius 3 is 1.73 bits per heavy atom. The van der Waals surface area contributed by atoms with E-state index < -0.39 is 0 Å². The third kappa shape index (κ3) is 4.07. The number of fused-ring (bicyclic) bond motifs is 3. The van der Waals surface area contributed by atoms with Gasteiger partial charge in [-0.1, -0.05) is 103 Å². The second-order valence-electron chi connectivity index (χ2n) is 11.3. The van der Waals surface area contributed by atoms with Crippen molar-refractivity contribution < 1.29 is 0 Å². The lowest BCUT2D eigenvalue weighted by atomic mass is 9.84. The van der Waals surface area contributed by atoms with Gasteiger partial charge in [0.1, 0.15) is 0 Å². The average molecular weight is 568 g/mol. The summed E-state index contributed by atoms with van der Waals surface area (Å²) in [4.78, 5) is 17.0. The van der Waals surface area contributed by atoms with Crippen molar-refractivity contribution in [3.63, 3.8) is 0 Å². The Morgan fingerprint density at radius 1 is 0.455 bits per heavy atom. The molecule has 0 bridgehead atoms. The fraction of sp³-hybridized carbons (Fsp3) is 0.0500. The van der Waals surface area contributed by atoms with Gasteiger partial charge in [-0.25, -0.2) is 4.79 Å². The molecule has 0 atom stereocenters. The molecule has 2 heterocycles. The van der Waals surface area contributed by atoms with E-state index in [4.69, 9.17) is 0 Å². The molecule has 0 aliphatic rings. The Hall–Kier alpha value is -5.74. The van der Waals surface area contributed by atoms with Crippen LogP contribution < -0.4 is 5.69 Å². The van der Waals surface area contributed by atoms with Gasteiger partial charge >= 0.3 is 5.69 Å². The second-order valence-corrected chi connectivity index (χ2v) is 11.3. The van der Waals surface area contributed by atoms with Gasteiger partial charge in [0, 0.05) is 26.5 Å². The van der Waals surface area contributed by atoms with Crippen molar-refractivity contribution in [3.8, 4) is 44.5 Å². The van der Waals surface area contributed by atoms with Crippen LogP contribution in [0.1, 0.15) is 0 Å². The predicted molar refractivity (Wildman–Crippen MR) is 183 cm³/mol. The number of hydrogen-bond acceptors (Lipinski definition) is 2. The third-order valence-electron chi connectivity index (χ3n) is 8.86. The van der Waals surface area contributed by atoms with E-state index in [0.717, 1.165) is 38.9 Å². The van der Waals surface area contributed by atoms with Gasteiger partial charge in [0.2, 0.25) is 0 Å². The summed E-state index contributed by atoms with van der Waals surface area (Å²) in [5, 5.41) is 4.84. The number of benzene rings is 6. The van der Waals surface area contributed by atoms with Crippen LogP contribution in [0.4, 0.5) is 0 Å². The van der Waals surface area contributed by atoms with E-state index in [1.54, 1.807) is 15.3 Å². The highest BCUT2D eigenvalue weighted by molar-refractivity contribution is 6.22. The van der Waals surface area contributed by atoms with Crippen LogP contribution >= 0.6 is 0 Å². The lowest BCUT2D eigenvalue weighted by molar-refractivity contribution is 0.795. The quantitative estimate of drug-likeness (QED) is 0.199. The summed E-state index contributed by atoms with van der Waals surface area (Å²) in [5.41, 5.74) is 11.1. The molecule has 4 nitrogen and oxygen atoms in total. The molecule has 44 heavy (non-hydrogen) atoms. The Labute approximate surface area is 255 Å². The normalized spacial score (nSPS) is 11.5. The number of nitrogens with zero attached hydrogens (tertiary/aromatic N) is 3. The second kappa shape index (κ2) is 10.2. The van der Waals surface area contributed by atoms with E-state index in [9.17, 15) is 4.79 Å². The summed E-state index contributed by atoms with van der Waals surface area (Å²) in [5.74, 6) is 0. The minimum atomic E-state index is -0.0216. The molecule has 0 saturated carbocycles. The van der Waals surface area contributed by atoms with E-state index in [-0.39, 0.29) is 5.69 Å². The Morgan fingerprint density at radius 2 is 1.00 bits per heavy atom. The molecule has 0 aliphatic heterocycles. The first-order valence-corrected chi connectivity index (χ1v) is 14.8. The van der Waals surface area contributed by atoms with Gasteiger partial charge in [0.15, 0.2) is 0 Å². The average Bonchev–Trinajstić information content (AvgIpc) is 3.30. The zero-order valence-corrected chi connectivity index (χ0v) is 24.5. The topological polar surface area (TPSA) is 39.8 Å². The predicted octanol–water partition coefficient (Wildman–Crippen LogP) is 9.25. The highest BCUT2D eigenvalue weighted by Gasteiger charge is 2.18. The number of imidazole rings is 1. The largest absolute Gasteiger partial charge is 0.328 e. The summed E-state index contributed by atoms with van der Waals surface area (Å²) in [6.45, 7) is 0. The van der Waals surface area contributed by atoms with Crippen molar-refractivity contribution >= 4 is 32.6 Å². The van der Waals surface area contributed by atoms with E-state index in [1.807, 2.05) is 32.4 Å². The first-order valence-electron chi connectivity index (χ1n) is 14.8. The molecule has 0 spiro atoms. The number of aromatic nitrogens is 3. The Bertz CT molecular complexity index is 2400. The van der Waals surface area contributed by atoms with E-state index in [1.165, 1.54) is 38.2 Å². The van der Waals surface area contributed by atoms with Crippen molar-refractivity contribution in [3.05, 3.63) is 150 Å². The molecule has 8 aromatic rings. The number of pyridine rings is 1. The maximum Gasteiger partial charge on any atom is 0.328 e. The molecule has 0 amide bonds. The van der Waals surface area contributed by atoms with Crippen LogP contribution in [0.3, 0.4) is 0 Å². The van der Waals surface area contributed by atoms with Gasteiger partial charge in [0.25, 0.3) is 0 Å². The molecule has 8 rings (SSSR count). The van der Waals surface area contributed by atoms with E-state index >= 15 is 0 Å². The van der Waals surface area contributed by atoms with Crippen LogP contribution in [0, 0.1) is 0 Å². The number of aryl methyl sites for hydroxylation is 2. The van der Waals surface area contributed by atoms with Gasteiger partial charge in [0.05, 0.1) is 11.0 Å². The molecule has 2 aromatic heterocycles. The van der Waals surface area contributed by atoms with Crippen molar-refractivity contribution in [2.45, 2.75) is 0 Å². The monoisotopic (exact) mass is 567 g/mol. The molecule has 6 aromatic carbocycles. The molecule has 0 fully saturated rings. The summed E-state index contributed by atoms with van der Waals surface area (Å²) in [6, 6.07) is 45.4. The fourth-order valence-electron chi connectivity index (χ4n) is 6.63. The molecule has 0 saturated heterocycles. The van der Waals surface area contributed by atoms with Crippen LogP contribution in [0.2, 0.25) is 0 Å². The molecule has 0 aliphatic carbocycles. The van der Waals surface area contributed by atoms with Gasteiger partial charge < -0.3 is 0 Å². The molecule has 0 unspecified atom stereocenters. The first-order chi connectivity index (χ1) is 21.6. The van der Waals surface area contributed by atoms with Crippen molar-refractivity contribution in [2.24, 2.45) is 14.1 Å². The molecular weight excluding hydrogens is 538 g/mol. The summed E-state index contributed by atoms with van der Waals surface area (Å²) >= 11 is 0. The number of rotatable bonds is 4. The fourth-order valence-corrected chi connectivity index (χ4v) is 6.63. The molecule has 0 N–H and O–H groups in total. The smallest absolute Gasteiger partial charge is 0.295 e. The standard InChI is InChI=1S/C40H29N3O/c1-42-36-21-19-30(24-37(36)43(2)40(42)44)29-18-20-34-35(23-29)39(28-16-14-26(15-17-28)31-11-8-22-41-25-31)33-13-7-6-12-32(33)38(34)27-9-4-3-5-10-27/h3-25H,1-2H3. The van der Waals surface area contributed by atoms with Gasteiger partial charge in [-0.3, -0.25) is 14.1 Å². The van der Waals surface area contributed by atoms with Crippen LogP contribution in [0.25, 0.3) is 77.1 Å². The SMILES string of the molecule is Cn1c(=O)n(C)c2cc(-c3ccc4c(-c5ccccc5)c5ccccc5c(-c5ccc(-c6cccnc6)cc5)c4c3)ccc21. The maximum absolute atomic E-state index is 12.6. The van der Waals surface area contributed by atoms with Gasteiger partial charge in [-0.15, -0.1) is 0 Å². The summed E-state index contributed by atoms with van der Waals surface area (Å²) in [7, 11) is 3.66. The molecule has 4 heteroatoms. The Balaban J connectivity index is 1.42. The lowest BCUT2D eigenvalue weighted by Crippen LogP contribution is -2.19. The van der Waals surface area contributed by atoms with Crippen molar-refractivity contribution in [2.75, 3.05) is 0 Å². The van der Waals surface area contributed by atoms with Gasteiger partial charge in [-0.2, -0.15) is 0 Å². The highest BCUT2D eigenvalue weighted by atomic mass is 16.1. The zero-order valence-electron chi connectivity index (χ0n) is 24.5. The lowest BCUT2D eigenvalue weighted by Gasteiger charge is -2.19. The molecule has 210 valence electrons. The maximum atomic E-state index is 12.6. The number of hydrogen-bond donors (Lipinski definition) is 0. The third-order valence-corrected chi connectivity index (χ3v) is 8.86. The zero-order chi connectivity index (χ0) is 29.8.